The Kier molecular flexibility index (Phi) is 11.7. The molecule has 2 amide bonds. The van der Waals surface area contributed by atoms with E-state index in [1.807, 2.05) is 31.2 Å². The van der Waals surface area contributed by atoms with Crippen LogP contribution in [0.3, 0.4) is 0 Å². The third-order valence-electron chi connectivity index (χ3n) is 6.00. The van der Waals surface area contributed by atoms with Gasteiger partial charge in [0.15, 0.2) is 0 Å². The van der Waals surface area contributed by atoms with Gasteiger partial charge in [0, 0.05) is 26.1 Å². The maximum atomic E-state index is 13.4. The summed E-state index contributed by atoms with van der Waals surface area (Å²) in [5, 5.41) is 2.90. The van der Waals surface area contributed by atoms with Gasteiger partial charge in [-0.2, -0.15) is 0 Å². The topological polar surface area (TPSA) is 105 Å². The fourth-order valence-corrected chi connectivity index (χ4v) is 4.80. The number of sulfonamides is 1. The van der Waals surface area contributed by atoms with E-state index < -0.39 is 16.1 Å². The van der Waals surface area contributed by atoms with Crippen LogP contribution in [0.5, 0.6) is 11.5 Å². The average molecular weight is 534 g/mol. The molecule has 9 nitrogen and oxygen atoms in total. The standard InChI is InChI=1S/C27H39N3O6S/c1-6-7-17-28-27(32)21(2)29(20-22-10-8-11-25(19-22)36-4)26(31)12-9-18-30(37(5,33)34)23-13-15-24(35-3)16-14-23/h8,10-11,13-16,19,21H,6-7,9,12,17-18,20H2,1-5H3,(H,28,32)/t21-/m1/s1. The van der Waals surface area contributed by atoms with Crippen LogP contribution >= 0.6 is 0 Å². The molecule has 10 heteroatoms. The highest BCUT2D eigenvalue weighted by atomic mass is 32.2. The van der Waals surface area contributed by atoms with E-state index in [1.165, 1.54) is 16.3 Å². The van der Waals surface area contributed by atoms with Gasteiger partial charge in [0.05, 0.1) is 26.2 Å². The minimum atomic E-state index is -3.56. The number of carbonyl (C=O) groups is 2. The first kappa shape index (κ1) is 30.0. The molecule has 0 aliphatic rings. The SMILES string of the molecule is CCCCNC(=O)[C@@H](C)N(Cc1cccc(OC)c1)C(=O)CCCN(c1ccc(OC)cc1)S(C)(=O)=O. The van der Waals surface area contributed by atoms with Gasteiger partial charge in [0.25, 0.3) is 0 Å². The fraction of sp³-hybridized carbons (Fsp3) is 0.481. The maximum absolute atomic E-state index is 13.4. The Morgan fingerprint density at radius 3 is 2.27 bits per heavy atom. The lowest BCUT2D eigenvalue weighted by atomic mass is 10.1. The Balaban J connectivity index is 2.16. The largest absolute Gasteiger partial charge is 0.497 e. The molecule has 0 spiro atoms. The summed E-state index contributed by atoms with van der Waals surface area (Å²) >= 11 is 0. The number of benzene rings is 2. The second kappa shape index (κ2) is 14.5. The molecule has 1 atom stereocenters. The molecular weight excluding hydrogens is 494 g/mol. The zero-order valence-electron chi connectivity index (χ0n) is 22.4. The molecule has 2 aromatic carbocycles. The van der Waals surface area contributed by atoms with Crippen molar-refractivity contribution in [2.75, 3.05) is 37.9 Å². The molecule has 0 heterocycles. The average Bonchev–Trinajstić information content (AvgIpc) is 2.88. The van der Waals surface area contributed by atoms with Crippen LogP contribution < -0.4 is 19.1 Å². The molecule has 2 aromatic rings. The van der Waals surface area contributed by atoms with Gasteiger partial charge < -0.3 is 19.7 Å². The quantitative estimate of drug-likeness (QED) is 0.351. The van der Waals surface area contributed by atoms with E-state index in [0.29, 0.717) is 23.7 Å². The molecule has 2 rings (SSSR count). The summed E-state index contributed by atoms with van der Waals surface area (Å²) in [5.41, 5.74) is 1.32. The summed E-state index contributed by atoms with van der Waals surface area (Å²) in [6.45, 7) is 4.65. The van der Waals surface area contributed by atoms with Crippen molar-refractivity contribution in [1.82, 2.24) is 10.2 Å². The third-order valence-corrected chi connectivity index (χ3v) is 7.19. The van der Waals surface area contributed by atoms with Crippen molar-refractivity contribution in [2.24, 2.45) is 0 Å². The first-order valence-electron chi connectivity index (χ1n) is 12.4. The summed E-state index contributed by atoms with van der Waals surface area (Å²) in [4.78, 5) is 27.7. The number of amides is 2. The number of rotatable bonds is 15. The van der Waals surface area contributed by atoms with E-state index in [4.69, 9.17) is 9.47 Å². The molecule has 0 radical (unpaired) electrons. The highest BCUT2D eigenvalue weighted by Crippen LogP contribution is 2.22. The monoisotopic (exact) mass is 533 g/mol. The summed E-state index contributed by atoms with van der Waals surface area (Å²) in [5.74, 6) is 0.824. The predicted molar refractivity (Wildman–Crippen MR) is 145 cm³/mol. The van der Waals surface area contributed by atoms with Crippen molar-refractivity contribution in [3.05, 3.63) is 54.1 Å². The number of anilines is 1. The molecule has 0 aromatic heterocycles. The summed E-state index contributed by atoms with van der Waals surface area (Å²) in [6.07, 6.45) is 3.31. The van der Waals surface area contributed by atoms with Gasteiger partial charge in [-0.1, -0.05) is 25.5 Å². The normalized spacial score (nSPS) is 11.9. The molecule has 0 bridgehead atoms. The van der Waals surface area contributed by atoms with E-state index in [2.05, 4.69) is 5.32 Å². The molecule has 0 saturated heterocycles. The van der Waals surface area contributed by atoms with Crippen molar-refractivity contribution in [3.63, 3.8) is 0 Å². The molecule has 37 heavy (non-hydrogen) atoms. The Bertz CT molecular complexity index is 1120. The minimum Gasteiger partial charge on any atom is -0.497 e. The number of hydrogen-bond donors (Lipinski definition) is 1. The number of ether oxygens (including phenoxy) is 2. The Morgan fingerprint density at radius 1 is 1.00 bits per heavy atom. The Morgan fingerprint density at radius 2 is 1.68 bits per heavy atom. The van der Waals surface area contributed by atoms with Gasteiger partial charge in [-0.3, -0.25) is 13.9 Å². The number of methoxy groups -OCH3 is 2. The van der Waals surface area contributed by atoms with Gasteiger partial charge in [0.2, 0.25) is 21.8 Å². The first-order chi connectivity index (χ1) is 17.6. The second-order valence-electron chi connectivity index (χ2n) is 8.83. The van der Waals surface area contributed by atoms with Crippen LogP contribution in [0.1, 0.15) is 45.1 Å². The molecule has 0 aliphatic carbocycles. The van der Waals surface area contributed by atoms with Crippen LogP contribution in [0.2, 0.25) is 0 Å². The van der Waals surface area contributed by atoms with E-state index in [0.717, 1.165) is 24.7 Å². The van der Waals surface area contributed by atoms with Gasteiger partial charge in [0.1, 0.15) is 17.5 Å². The predicted octanol–water partition coefficient (Wildman–Crippen LogP) is 3.58. The molecule has 1 N–H and O–H groups in total. The van der Waals surface area contributed by atoms with Crippen molar-refractivity contribution in [1.29, 1.82) is 0 Å². The zero-order chi connectivity index (χ0) is 27.4. The summed E-state index contributed by atoms with van der Waals surface area (Å²) in [7, 11) is -0.454. The number of unbranched alkanes of at least 4 members (excludes halogenated alkanes) is 1. The Labute approximate surface area is 220 Å². The van der Waals surface area contributed by atoms with Crippen LogP contribution in [-0.4, -0.2) is 64.7 Å². The summed E-state index contributed by atoms with van der Waals surface area (Å²) in [6, 6.07) is 13.4. The molecular formula is C27H39N3O6S. The molecule has 0 saturated carbocycles. The van der Waals surface area contributed by atoms with Crippen molar-refractivity contribution < 1.29 is 27.5 Å². The van der Waals surface area contributed by atoms with Gasteiger partial charge in [-0.15, -0.1) is 0 Å². The van der Waals surface area contributed by atoms with E-state index in [1.54, 1.807) is 38.3 Å². The van der Waals surface area contributed by atoms with Gasteiger partial charge in [-0.25, -0.2) is 8.42 Å². The molecule has 204 valence electrons. The highest BCUT2D eigenvalue weighted by Gasteiger charge is 2.26. The number of carbonyl (C=O) groups excluding carboxylic acids is 2. The Hall–Kier alpha value is -3.27. The lowest BCUT2D eigenvalue weighted by molar-refractivity contribution is -0.140. The van der Waals surface area contributed by atoms with Crippen molar-refractivity contribution >= 4 is 27.5 Å². The van der Waals surface area contributed by atoms with Crippen molar-refractivity contribution in [3.8, 4) is 11.5 Å². The first-order valence-corrected chi connectivity index (χ1v) is 14.3. The lowest BCUT2D eigenvalue weighted by Gasteiger charge is -2.29. The van der Waals surface area contributed by atoms with Crippen molar-refractivity contribution in [2.45, 2.75) is 52.1 Å². The van der Waals surface area contributed by atoms with Crippen LogP contribution in [0.25, 0.3) is 0 Å². The molecule has 0 fully saturated rings. The van der Waals surface area contributed by atoms with Crippen LogP contribution in [0, 0.1) is 0 Å². The van der Waals surface area contributed by atoms with Gasteiger partial charge in [-0.05, 0) is 61.7 Å². The smallest absolute Gasteiger partial charge is 0.242 e. The summed E-state index contributed by atoms with van der Waals surface area (Å²) < 4.78 is 36.6. The number of hydrogen-bond acceptors (Lipinski definition) is 6. The zero-order valence-corrected chi connectivity index (χ0v) is 23.2. The van der Waals surface area contributed by atoms with Crippen LogP contribution in [0.4, 0.5) is 5.69 Å². The van der Waals surface area contributed by atoms with Crippen LogP contribution in [0.15, 0.2) is 48.5 Å². The number of nitrogens with zero attached hydrogens (tertiary/aromatic N) is 2. The lowest BCUT2D eigenvalue weighted by Crippen LogP contribution is -2.48. The maximum Gasteiger partial charge on any atom is 0.242 e. The minimum absolute atomic E-state index is 0.0821. The second-order valence-corrected chi connectivity index (χ2v) is 10.7. The van der Waals surface area contributed by atoms with Crippen LogP contribution in [-0.2, 0) is 26.2 Å². The molecule has 0 unspecified atom stereocenters. The highest BCUT2D eigenvalue weighted by molar-refractivity contribution is 7.92. The third kappa shape index (κ3) is 9.27. The molecule has 0 aliphatic heterocycles. The number of nitrogens with one attached hydrogen (secondary N) is 1. The fourth-order valence-electron chi connectivity index (χ4n) is 3.84. The van der Waals surface area contributed by atoms with E-state index in [-0.39, 0.29) is 37.7 Å². The van der Waals surface area contributed by atoms with E-state index in [9.17, 15) is 18.0 Å². The van der Waals surface area contributed by atoms with E-state index >= 15 is 0 Å². The van der Waals surface area contributed by atoms with Gasteiger partial charge >= 0.3 is 0 Å².